The molecule has 230 valence electrons. The second-order valence-electron chi connectivity index (χ2n) is 12.4. The van der Waals surface area contributed by atoms with Gasteiger partial charge in [0.15, 0.2) is 9.84 Å². The summed E-state index contributed by atoms with van der Waals surface area (Å²) in [7, 11) is -1.87. The number of carbonyl (C=O) groups excluding carboxylic acids is 2. The van der Waals surface area contributed by atoms with Crippen LogP contribution in [0.2, 0.25) is 0 Å². The highest BCUT2D eigenvalue weighted by Crippen LogP contribution is 2.54. The Hall–Kier alpha value is -3.25. The van der Waals surface area contributed by atoms with Crippen LogP contribution in [0.4, 0.5) is 4.39 Å². The van der Waals surface area contributed by atoms with Crippen LogP contribution in [0, 0.1) is 30.1 Å². The molecule has 3 atom stereocenters. The average Bonchev–Trinajstić information content (AvgIpc) is 3.79. The molecule has 5 rings (SSSR count). The summed E-state index contributed by atoms with van der Waals surface area (Å²) in [6.45, 7) is 9.55. The molecule has 0 aromatic heterocycles. The molecule has 2 saturated carbocycles. The van der Waals surface area contributed by atoms with Gasteiger partial charge in [-0.25, -0.2) is 19.4 Å². The van der Waals surface area contributed by atoms with E-state index in [1.54, 1.807) is 24.3 Å². The van der Waals surface area contributed by atoms with Gasteiger partial charge in [0.2, 0.25) is 5.91 Å². The van der Waals surface area contributed by atoms with Gasteiger partial charge in [-0.15, -0.1) is 0 Å². The lowest BCUT2D eigenvalue weighted by atomic mass is 9.63. The van der Waals surface area contributed by atoms with Crippen LogP contribution in [-0.4, -0.2) is 50.6 Å². The van der Waals surface area contributed by atoms with Crippen molar-refractivity contribution in [2.45, 2.75) is 86.3 Å². The van der Waals surface area contributed by atoms with Gasteiger partial charge in [-0.2, -0.15) is 0 Å². The third-order valence-corrected chi connectivity index (χ3v) is 12.1. The molecule has 1 saturated heterocycles. The van der Waals surface area contributed by atoms with Crippen molar-refractivity contribution < 1.29 is 27.1 Å². The van der Waals surface area contributed by atoms with E-state index in [4.69, 9.17) is 11.3 Å². The van der Waals surface area contributed by atoms with Crippen LogP contribution in [0.3, 0.4) is 0 Å². The second kappa shape index (κ2) is 13.2. The third-order valence-electron chi connectivity index (χ3n) is 9.87. The van der Waals surface area contributed by atoms with Gasteiger partial charge in [-0.05, 0) is 87.1 Å². The Morgan fingerprint density at radius 1 is 1.05 bits per heavy atom. The number of hydrogen-bond acceptors (Lipinski definition) is 5. The van der Waals surface area contributed by atoms with Crippen LogP contribution in [0.15, 0.2) is 53.4 Å². The van der Waals surface area contributed by atoms with E-state index in [2.05, 4.69) is 4.85 Å². The molecule has 3 aliphatic rings. The smallest absolute Gasteiger partial charge is 0.305 e. The molecule has 1 aliphatic heterocycles. The van der Waals surface area contributed by atoms with Crippen molar-refractivity contribution in [2.24, 2.45) is 17.8 Å². The van der Waals surface area contributed by atoms with Crippen LogP contribution in [0.1, 0.15) is 75.3 Å². The van der Waals surface area contributed by atoms with Crippen molar-refractivity contribution in [3.05, 3.63) is 76.9 Å². The number of ether oxygens (including phenoxy) is 1. The van der Waals surface area contributed by atoms with Crippen LogP contribution in [0.5, 0.6) is 0 Å². The van der Waals surface area contributed by atoms with Crippen LogP contribution >= 0.6 is 0 Å². The molecule has 2 aromatic rings. The number of nitrogens with zero attached hydrogens (tertiary/aromatic N) is 2. The zero-order valence-electron chi connectivity index (χ0n) is 24.8. The average molecular weight is 609 g/mol. The van der Waals surface area contributed by atoms with Gasteiger partial charge in [0.1, 0.15) is 5.82 Å². The van der Waals surface area contributed by atoms with E-state index in [0.29, 0.717) is 55.7 Å². The van der Waals surface area contributed by atoms with Gasteiger partial charge >= 0.3 is 5.97 Å². The molecular formula is C34H41FN2O5S. The third kappa shape index (κ3) is 6.64. The number of halogens is 1. The van der Waals surface area contributed by atoms with Crippen molar-refractivity contribution in [3.8, 4) is 0 Å². The first-order chi connectivity index (χ1) is 20.7. The molecule has 0 spiro atoms. The topological polar surface area (TPSA) is 85.1 Å². The molecule has 2 aromatic carbocycles. The zero-order chi connectivity index (χ0) is 30.6. The number of benzene rings is 2. The van der Waals surface area contributed by atoms with E-state index in [1.807, 2.05) is 17.0 Å². The molecule has 7 nitrogen and oxygen atoms in total. The lowest BCUT2D eigenvalue weighted by Gasteiger charge is -2.42. The molecule has 9 heteroatoms. The molecule has 0 radical (unpaired) electrons. The van der Waals surface area contributed by atoms with E-state index in [-0.39, 0.29) is 47.1 Å². The number of likely N-dealkylation sites (tertiary alicyclic amines) is 1. The second-order valence-corrected chi connectivity index (χ2v) is 14.7. The van der Waals surface area contributed by atoms with Gasteiger partial charge < -0.3 is 14.5 Å². The summed E-state index contributed by atoms with van der Waals surface area (Å²) in [5.41, 5.74) is 0.612. The lowest BCUT2D eigenvalue weighted by Crippen LogP contribution is -2.48. The van der Waals surface area contributed by atoms with E-state index in [9.17, 15) is 22.4 Å². The Kier molecular flexibility index (Phi) is 9.55. The first-order valence-corrected chi connectivity index (χ1v) is 17.1. The van der Waals surface area contributed by atoms with Crippen molar-refractivity contribution in [3.63, 3.8) is 0 Å². The number of hydrogen-bond donors (Lipinski definition) is 0. The van der Waals surface area contributed by atoms with Gasteiger partial charge in [0.25, 0.3) is 5.54 Å². The quantitative estimate of drug-likeness (QED) is 0.227. The number of methoxy groups -OCH3 is 1. The Morgan fingerprint density at radius 2 is 1.79 bits per heavy atom. The predicted octanol–water partition coefficient (Wildman–Crippen LogP) is 6.12. The predicted molar refractivity (Wildman–Crippen MR) is 161 cm³/mol. The molecular weight excluding hydrogens is 567 g/mol. The summed E-state index contributed by atoms with van der Waals surface area (Å²) >= 11 is 0. The summed E-state index contributed by atoms with van der Waals surface area (Å²) in [5.74, 6) is -0.790. The summed E-state index contributed by atoms with van der Waals surface area (Å²) in [6.07, 6.45) is 7.12. The summed E-state index contributed by atoms with van der Waals surface area (Å²) in [6, 6.07) is 13.5. The minimum absolute atomic E-state index is 0.0118. The Bertz CT molecular complexity index is 1480. The lowest BCUT2D eigenvalue weighted by molar-refractivity contribution is -0.142. The molecule has 2 aliphatic carbocycles. The van der Waals surface area contributed by atoms with E-state index in [0.717, 1.165) is 37.7 Å². The molecule has 43 heavy (non-hydrogen) atoms. The van der Waals surface area contributed by atoms with E-state index >= 15 is 0 Å². The summed E-state index contributed by atoms with van der Waals surface area (Å²) < 4.78 is 44.7. The number of rotatable bonds is 11. The molecule has 0 N–H and O–H groups in total. The minimum Gasteiger partial charge on any atom is -0.469 e. The van der Waals surface area contributed by atoms with Gasteiger partial charge in [-0.3, -0.25) is 9.59 Å². The Labute approximate surface area is 254 Å². The van der Waals surface area contributed by atoms with Gasteiger partial charge in [0.05, 0.1) is 17.3 Å². The number of aryl methyl sites for hydroxylation is 1. The van der Waals surface area contributed by atoms with E-state index < -0.39 is 15.4 Å². The molecule has 1 heterocycles. The van der Waals surface area contributed by atoms with E-state index in [1.165, 1.54) is 19.2 Å². The first kappa shape index (κ1) is 31.2. The number of sulfone groups is 1. The fourth-order valence-electron chi connectivity index (χ4n) is 7.51. The number of carbonyl (C=O) groups is 2. The SMILES string of the molecule is [C-]#[N+][C@@](c1cccc(F)c1)(C1CCN(C(=O)CCCc2cccc(S(=O)(=O)C3CC3)c2)CC1)[C@H]1CCC[C@@H]1CC(=O)OC. The largest absolute Gasteiger partial charge is 0.469 e. The minimum atomic E-state index is -3.25. The van der Waals surface area contributed by atoms with Crippen molar-refractivity contribution in [1.29, 1.82) is 0 Å². The first-order valence-electron chi connectivity index (χ1n) is 15.5. The number of esters is 1. The highest BCUT2D eigenvalue weighted by molar-refractivity contribution is 7.92. The van der Waals surface area contributed by atoms with Crippen LogP contribution < -0.4 is 0 Å². The zero-order valence-corrected chi connectivity index (χ0v) is 25.7. The molecule has 0 bridgehead atoms. The summed E-state index contributed by atoms with van der Waals surface area (Å²) in [5, 5.41) is -0.248. The Morgan fingerprint density at radius 3 is 2.47 bits per heavy atom. The standard InChI is InChI=1S/C34H41FN2O5S/c1-36-34(27-10-6-11-28(35)23-27,31-13-5-9-25(31)22-33(39)42-2)26-17-19-37(20-18-26)32(38)14-4-8-24-7-3-12-30(21-24)43(40,41)29-15-16-29/h3,6-7,10-12,21,23,25-26,29,31H,4-5,8-9,13-20,22H2,2H3/t25-,31+,34-/m1/s1. The molecule has 1 amide bonds. The monoisotopic (exact) mass is 608 g/mol. The van der Waals surface area contributed by atoms with Crippen LogP contribution in [-0.2, 0) is 36.1 Å². The highest BCUT2D eigenvalue weighted by atomic mass is 32.2. The maximum Gasteiger partial charge on any atom is 0.305 e. The number of amides is 1. The molecule has 3 fully saturated rings. The fraction of sp³-hybridized carbons (Fsp3) is 0.559. The van der Waals surface area contributed by atoms with Crippen molar-refractivity contribution in [1.82, 2.24) is 4.90 Å². The van der Waals surface area contributed by atoms with Crippen molar-refractivity contribution >= 4 is 21.7 Å². The molecule has 0 unspecified atom stereocenters. The van der Waals surface area contributed by atoms with Gasteiger partial charge in [-0.1, -0.05) is 30.7 Å². The highest BCUT2D eigenvalue weighted by Gasteiger charge is 2.58. The van der Waals surface area contributed by atoms with Crippen molar-refractivity contribution in [2.75, 3.05) is 20.2 Å². The Balaban J connectivity index is 1.24. The summed E-state index contributed by atoms with van der Waals surface area (Å²) in [4.78, 5) is 32.0. The fourth-order valence-corrected chi connectivity index (χ4v) is 9.23. The maximum absolute atomic E-state index is 14.5. The number of piperidine rings is 1. The van der Waals surface area contributed by atoms with Gasteiger partial charge in [0, 0.05) is 43.3 Å². The maximum atomic E-state index is 14.5. The normalized spacial score (nSPS) is 22.5. The van der Waals surface area contributed by atoms with Crippen LogP contribution in [0.25, 0.3) is 4.85 Å².